The highest BCUT2D eigenvalue weighted by molar-refractivity contribution is 5.94. The first-order chi connectivity index (χ1) is 8.81. The molecule has 2 heterocycles. The van der Waals surface area contributed by atoms with Crippen molar-refractivity contribution in [2.45, 2.75) is 25.7 Å². The van der Waals surface area contributed by atoms with Crippen LogP contribution in [0.5, 0.6) is 0 Å². The number of nitrogens with zero attached hydrogens (tertiary/aromatic N) is 3. The Morgan fingerprint density at radius 2 is 2.22 bits per heavy atom. The monoisotopic (exact) mass is 239 g/mol. The largest absolute Gasteiger partial charge is 0.274 e. The van der Waals surface area contributed by atoms with Crippen LogP contribution in [-0.2, 0) is 0 Å². The third kappa shape index (κ3) is 1.60. The lowest BCUT2D eigenvalue weighted by molar-refractivity contribution is 0.0842. The molecule has 0 aromatic carbocycles. The number of fused-ring (bicyclic) bond motifs is 1. The lowest BCUT2D eigenvalue weighted by Gasteiger charge is -2.08. The maximum absolute atomic E-state index is 12.4. The number of hydrogen-bond acceptors (Lipinski definition) is 3. The summed E-state index contributed by atoms with van der Waals surface area (Å²) in [4.78, 5) is 16.6. The van der Waals surface area contributed by atoms with E-state index in [1.807, 2.05) is 6.07 Å². The van der Waals surface area contributed by atoms with Gasteiger partial charge in [-0.2, -0.15) is 5.26 Å². The van der Waals surface area contributed by atoms with Gasteiger partial charge in [0.25, 0.3) is 0 Å². The standard InChI is InChI=1S/C14H13N3O/c15-8-11-9-17(13-12(11)6-3-7-16-13)14(18)10-4-1-2-5-10/h3,6-7,9-10H,1-2,4-5H2. The van der Waals surface area contributed by atoms with Gasteiger partial charge in [-0.1, -0.05) is 12.8 Å². The minimum atomic E-state index is 0.0812. The molecule has 0 unspecified atom stereocenters. The maximum atomic E-state index is 12.4. The number of hydrogen-bond donors (Lipinski definition) is 0. The molecule has 0 bridgehead atoms. The number of carbonyl (C=O) groups excluding carboxylic acids is 1. The van der Waals surface area contributed by atoms with E-state index in [1.54, 1.807) is 23.0 Å². The molecule has 1 fully saturated rings. The second-order valence-corrected chi connectivity index (χ2v) is 4.72. The Kier molecular flexibility index (Phi) is 2.60. The molecule has 18 heavy (non-hydrogen) atoms. The van der Waals surface area contributed by atoms with Crippen molar-refractivity contribution in [3.63, 3.8) is 0 Å². The molecule has 2 aromatic rings. The predicted molar refractivity (Wildman–Crippen MR) is 67.0 cm³/mol. The van der Waals surface area contributed by atoms with Gasteiger partial charge in [-0.3, -0.25) is 9.36 Å². The molecule has 0 spiro atoms. The number of pyridine rings is 1. The van der Waals surface area contributed by atoms with E-state index in [9.17, 15) is 4.79 Å². The Labute approximate surface area is 105 Å². The Morgan fingerprint density at radius 3 is 2.94 bits per heavy atom. The first-order valence-electron chi connectivity index (χ1n) is 6.21. The van der Waals surface area contributed by atoms with Crippen LogP contribution in [0.15, 0.2) is 24.5 Å². The number of nitriles is 1. The molecule has 4 nitrogen and oxygen atoms in total. The van der Waals surface area contributed by atoms with Crippen molar-refractivity contribution in [2.24, 2.45) is 5.92 Å². The Balaban J connectivity index is 2.12. The first-order valence-corrected chi connectivity index (χ1v) is 6.21. The minimum absolute atomic E-state index is 0.0812. The molecule has 0 aliphatic heterocycles. The molecule has 90 valence electrons. The molecular weight excluding hydrogens is 226 g/mol. The molecule has 0 atom stereocenters. The molecule has 0 N–H and O–H groups in total. The second kappa shape index (κ2) is 4.26. The summed E-state index contributed by atoms with van der Waals surface area (Å²) in [5.74, 6) is 0.173. The quantitative estimate of drug-likeness (QED) is 0.768. The van der Waals surface area contributed by atoms with E-state index >= 15 is 0 Å². The van der Waals surface area contributed by atoms with E-state index in [4.69, 9.17) is 5.26 Å². The molecule has 0 radical (unpaired) electrons. The van der Waals surface area contributed by atoms with Gasteiger partial charge >= 0.3 is 0 Å². The highest BCUT2D eigenvalue weighted by Gasteiger charge is 2.26. The van der Waals surface area contributed by atoms with Gasteiger partial charge in [-0.05, 0) is 25.0 Å². The molecule has 1 aliphatic rings. The third-order valence-electron chi connectivity index (χ3n) is 3.63. The molecule has 0 saturated heterocycles. The van der Waals surface area contributed by atoms with Gasteiger partial charge in [0.05, 0.1) is 5.56 Å². The van der Waals surface area contributed by atoms with Crippen LogP contribution in [0.3, 0.4) is 0 Å². The van der Waals surface area contributed by atoms with Crippen LogP contribution in [0.4, 0.5) is 0 Å². The summed E-state index contributed by atoms with van der Waals surface area (Å²) in [6.07, 6.45) is 7.42. The summed E-state index contributed by atoms with van der Waals surface area (Å²) in [6, 6.07) is 5.74. The van der Waals surface area contributed by atoms with Crippen LogP contribution in [-0.4, -0.2) is 15.5 Å². The van der Waals surface area contributed by atoms with Crippen molar-refractivity contribution in [1.29, 1.82) is 5.26 Å². The molecule has 1 aliphatic carbocycles. The molecule has 1 saturated carbocycles. The van der Waals surface area contributed by atoms with Crippen molar-refractivity contribution in [2.75, 3.05) is 0 Å². The van der Waals surface area contributed by atoms with Gasteiger partial charge < -0.3 is 0 Å². The summed E-state index contributed by atoms with van der Waals surface area (Å²) >= 11 is 0. The normalized spacial score (nSPS) is 15.9. The fourth-order valence-corrected chi connectivity index (χ4v) is 2.69. The Morgan fingerprint density at radius 1 is 1.44 bits per heavy atom. The molecule has 4 heteroatoms. The average molecular weight is 239 g/mol. The summed E-state index contributed by atoms with van der Waals surface area (Å²) in [6.45, 7) is 0. The van der Waals surface area contributed by atoms with Crippen molar-refractivity contribution in [3.8, 4) is 6.07 Å². The van der Waals surface area contributed by atoms with Crippen LogP contribution in [0, 0.1) is 17.2 Å². The number of carbonyl (C=O) groups is 1. The van der Waals surface area contributed by atoms with Crippen LogP contribution >= 0.6 is 0 Å². The topological polar surface area (TPSA) is 58.7 Å². The highest BCUT2D eigenvalue weighted by atomic mass is 16.2. The predicted octanol–water partition coefficient (Wildman–Crippen LogP) is 2.74. The van der Waals surface area contributed by atoms with Crippen LogP contribution in [0.2, 0.25) is 0 Å². The first kappa shape index (κ1) is 11.0. The van der Waals surface area contributed by atoms with E-state index in [1.165, 1.54) is 0 Å². The summed E-state index contributed by atoms with van der Waals surface area (Å²) in [5.41, 5.74) is 1.12. The van der Waals surface area contributed by atoms with Crippen LogP contribution < -0.4 is 0 Å². The fraction of sp³-hybridized carbons (Fsp3) is 0.357. The van der Waals surface area contributed by atoms with E-state index in [2.05, 4.69) is 11.1 Å². The molecule has 3 rings (SSSR count). The molecule has 2 aromatic heterocycles. The van der Waals surface area contributed by atoms with Crippen molar-refractivity contribution >= 4 is 16.9 Å². The van der Waals surface area contributed by atoms with E-state index in [0.29, 0.717) is 11.2 Å². The molecular formula is C14H13N3O. The van der Waals surface area contributed by atoms with Crippen molar-refractivity contribution in [3.05, 3.63) is 30.1 Å². The Hall–Kier alpha value is -2.15. The SMILES string of the molecule is N#Cc1cn(C(=O)C2CCCC2)c2ncccc12. The zero-order valence-corrected chi connectivity index (χ0v) is 9.97. The summed E-state index contributed by atoms with van der Waals surface area (Å²) in [7, 11) is 0. The zero-order chi connectivity index (χ0) is 12.5. The van der Waals surface area contributed by atoms with Crippen molar-refractivity contribution < 1.29 is 4.79 Å². The van der Waals surface area contributed by atoms with E-state index < -0.39 is 0 Å². The summed E-state index contributed by atoms with van der Waals surface area (Å²) in [5, 5.41) is 9.85. The van der Waals surface area contributed by atoms with E-state index in [-0.39, 0.29) is 11.8 Å². The van der Waals surface area contributed by atoms with Gasteiger partial charge in [0.1, 0.15) is 11.7 Å². The zero-order valence-electron chi connectivity index (χ0n) is 9.97. The fourth-order valence-electron chi connectivity index (χ4n) is 2.69. The lowest BCUT2D eigenvalue weighted by atomic mass is 10.1. The van der Waals surface area contributed by atoms with Crippen molar-refractivity contribution in [1.82, 2.24) is 9.55 Å². The Bertz CT molecular complexity index is 645. The smallest absolute Gasteiger partial charge is 0.235 e. The average Bonchev–Trinajstić information content (AvgIpc) is 3.05. The number of aromatic nitrogens is 2. The van der Waals surface area contributed by atoms with Gasteiger partial charge in [-0.25, -0.2) is 4.98 Å². The van der Waals surface area contributed by atoms with Gasteiger partial charge in [0.15, 0.2) is 0 Å². The highest BCUT2D eigenvalue weighted by Crippen LogP contribution is 2.28. The minimum Gasteiger partial charge on any atom is -0.274 e. The van der Waals surface area contributed by atoms with E-state index in [0.717, 1.165) is 31.1 Å². The van der Waals surface area contributed by atoms with Crippen LogP contribution in [0.25, 0.3) is 11.0 Å². The van der Waals surface area contributed by atoms with Gasteiger partial charge in [0, 0.05) is 23.7 Å². The van der Waals surface area contributed by atoms with Crippen LogP contribution in [0.1, 0.15) is 36.0 Å². The van der Waals surface area contributed by atoms with Gasteiger partial charge in [0.2, 0.25) is 5.91 Å². The summed E-state index contributed by atoms with van der Waals surface area (Å²) < 4.78 is 1.56. The lowest BCUT2D eigenvalue weighted by Crippen LogP contribution is -2.18. The maximum Gasteiger partial charge on any atom is 0.235 e. The molecule has 0 amide bonds. The second-order valence-electron chi connectivity index (χ2n) is 4.72. The van der Waals surface area contributed by atoms with Gasteiger partial charge in [-0.15, -0.1) is 0 Å². The number of rotatable bonds is 1. The third-order valence-corrected chi connectivity index (χ3v) is 3.63.